The van der Waals surface area contributed by atoms with E-state index in [9.17, 15) is 9.59 Å². The zero-order valence-electron chi connectivity index (χ0n) is 13.0. The van der Waals surface area contributed by atoms with E-state index < -0.39 is 0 Å². The van der Waals surface area contributed by atoms with Crippen molar-refractivity contribution in [2.75, 3.05) is 5.32 Å². The Bertz CT molecular complexity index is 907. The average molecular weight is 327 g/mol. The van der Waals surface area contributed by atoms with Crippen molar-refractivity contribution in [3.05, 3.63) is 57.5 Å². The van der Waals surface area contributed by atoms with Crippen molar-refractivity contribution in [2.24, 2.45) is 0 Å². The second-order valence-corrected chi connectivity index (χ2v) is 6.45. The molecule has 6 heteroatoms. The largest absolute Gasteiger partial charge is 0.326 e. The zero-order chi connectivity index (χ0) is 16.4. The lowest BCUT2D eigenvalue weighted by molar-refractivity contribution is -0.116. The minimum Gasteiger partial charge on any atom is -0.326 e. The number of aromatic nitrogens is 2. The van der Waals surface area contributed by atoms with Gasteiger partial charge in [0.15, 0.2) is 0 Å². The van der Waals surface area contributed by atoms with E-state index in [-0.39, 0.29) is 17.9 Å². The smallest absolute Gasteiger partial charge is 0.262 e. The molecule has 0 saturated heterocycles. The molecule has 0 aliphatic rings. The summed E-state index contributed by atoms with van der Waals surface area (Å²) in [4.78, 5) is 29.3. The highest BCUT2D eigenvalue weighted by atomic mass is 32.1. The van der Waals surface area contributed by atoms with Gasteiger partial charge in [0.2, 0.25) is 5.91 Å². The predicted octanol–water partition coefficient (Wildman–Crippen LogP) is 3.10. The van der Waals surface area contributed by atoms with E-state index in [0.717, 1.165) is 21.6 Å². The normalized spacial score (nSPS) is 10.9. The van der Waals surface area contributed by atoms with Gasteiger partial charge in [-0.1, -0.05) is 6.07 Å². The van der Waals surface area contributed by atoms with Crippen molar-refractivity contribution in [2.45, 2.75) is 26.8 Å². The first-order valence-corrected chi connectivity index (χ1v) is 8.22. The number of fused-ring (bicyclic) bond motifs is 1. The molecule has 0 saturated carbocycles. The number of rotatable bonds is 4. The molecular weight excluding hydrogens is 310 g/mol. The quantitative estimate of drug-likeness (QED) is 0.801. The van der Waals surface area contributed by atoms with Gasteiger partial charge in [0.05, 0.1) is 11.7 Å². The first-order chi connectivity index (χ1) is 11.0. The molecule has 0 spiro atoms. The molecule has 0 atom stereocenters. The summed E-state index contributed by atoms with van der Waals surface area (Å²) in [6.07, 6.45) is 1.73. The Morgan fingerprint density at radius 3 is 2.74 bits per heavy atom. The summed E-state index contributed by atoms with van der Waals surface area (Å²) >= 11 is 1.44. The summed E-state index contributed by atoms with van der Waals surface area (Å²) < 4.78 is 1.48. The minimum absolute atomic E-state index is 0.101. The fourth-order valence-corrected chi connectivity index (χ4v) is 3.27. The van der Waals surface area contributed by atoms with Crippen LogP contribution in [-0.4, -0.2) is 15.5 Å². The molecule has 1 amide bonds. The minimum atomic E-state index is -0.118. The van der Waals surface area contributed by atoms with Crippen LogP contribution in [0, 0.1) is 13.8 Å². The lowest BCUT2D eigenvalue weighted by Crippen LogP contribution is -2.23. The molecule has 1 N–H and O–H groups in total. The van der Waals surface area contributed by atoms with Gasteiger partial charge in [-0.2, -0.15) is 0 Å². The summed E-state index contributed by atoms with van der Waals surface area (Å²) in [5.74, 6) is -0.118. The van der Waals surface area contributed by atoms with Gasteiger partial charge in [-0.25, -0.2) is 4.98 Å². The predicted molar refractivity (Wildman–Crippen MR) is 93.0 cm³/mol. The molecule has 1 aromatic carbocycles. The summed E-state index contributed by atoms with van der Waals surface area (Å²) in [7, 11) is 0. The summed E-state index contributed by atoms with van der Waals surface area (Å²) in [6, 6.07) is 7.67. The van der Waals surface area contributed by atoms with Crippen LogP contribution in [0.1, 0.15) is 17.5 Å². The van der Waals surface area contributed by atoms with E-state index in [1.807, 2.05) is 31.4 Å². The second-order valence-electron chi connectivity index (χ2n) is 5.56. The Morgan fingerprint density at radius 2 is 2.00 bits per heavy atom. The fraction of sp³-hybridized carbons (Fsp3) is 0.235. The molecule has 2 aromatic heterocycles. The number of thiophene rings is 1. The van der Waals surface area contributed by atoms with E-state index in [2.05, 4.69) is 16.4 Å². The van der Waals surface area contributed by atoms with Gasteiger partial charge in [0.1, 0.15) is 4.83 Å². The van der Waals surface area contributed by atoms with Crippen molar-refractivity contribution in [3.63, 3.8) is 0 Å². The van der Waals surface area contributed by atoms with Gasteiger partial charge in [-0.15, -0.1) is 11.3 Å². The maximum Gasteiger partial charge on any atom is 0.262 e. The highest BCUT2D eigenvalue weighted by Gasteiger charge is 2.08. The third-order valence-electron chi connectivity index (χ3n) is 3.54. The fourth-order valence-electron chi connectivity index (χ4n) is 2.54. The number of anilines is 1. The number of carbonyl (C=O) groups is 1. The van der Waals surface area contributed by atoms with Crippen LogP contribution in [0.25, 0.3) is 10.2 Å². The lowest BCUT2D eigenvalue weighted by atomic mass is 10.1. The third kappa shape index (κ3) is 3.48. The summed E-state index contributed by atoms with van der Waals surface area (Å²) in [5.41, 5.74) is 2.88. The molecule has 2 heterocycles. The van der Waals surface area contributed by atoms with Crippen LogP contribution in [0.4, 0.5) is 5.69 Å². The maximum absolute atomic E-state index is 12.2. The van der Waals surface area contributed by atoms with Gasteiger partial charge in [0.25, 0.3) is 5.56 Å². The second kappa shape index (κ2) is 6.34. The van der Waals surface area contributed by atoms with Crippen molar-refractivity contribution in [3.8, 4) is 0 Å². The molecule has 0 radical (unpaired) electrons. The van der Waals surface area contributed by atoms with E-state index >= 15 is 0 Å². The number of nitrogens with one attached hydrogen (secondary N) is 1. The van der Waals surface area contributed by atoms with Crippen LogP contribution in [-0.2, 0) is 11.3 Å². The highest BCUT2D eigenvalue weighted by molar-refractivity contribution is 7.16. The van der Waals surface area contributed by atoms with Crippen LogP contribution in [0.15, 0.2) is 40.8 Å². The Balaban J connectivity index is 1.68. The van der Waals surface area contributed by atoms with Gasteiger partial charge >= 0.3 is 0 Å². The van der Waals surface area contributed by atoms with Crippen LogP contribution in [0.3, 0.4) is 0 Å². The van der Waals surface area contributed by atoms with Crippen LogP contribution in [0.5, 0.6) is 0 Å². The Labute approximate surface area is 137 Å². The standard InChI is InChI=1S/C17H17N3O2S/c1-11-7-12(2)9-13(8-11)19-15(21)3-5-20-10-18-16-14(17(20)22)4-6-23-16/h4,6-10H,3,5H2,1-2H3,(H,19,21). The van der Waals surface area contributed by atoms with Crippen LogP contribution >= 0.6 is 11.3 Å². The van der Waals surface area contributed by atoms with Crippen LogP contribution < -0.4 is 10.9 Å². The van der Waals surface area contributed by atoms with E-state index in [4.69, 9.17) is 0 Å². The SMILES string of the molecule is Cc1cc(C)cc(NC(=O)CCn2cnc3sccc3c2=O)c1. The van der Waals surface area contributed by atoms with Crippen molar-refractivity contribution < 1.29 is 4.79 Å². The summed E-state index contributed by atoms with van der Waals surface area (Å²) in [5, 5.41) is 5.32. The van der Waals surface area contributed by atoms with E-state index in [0.29, 0.717) is 11.9 Å². The molecule has 0 unspecified atom stereocenters. The number of carbonyl (C=O) groups excluding carboxylic acids is 1. The molecule has 118 valence electrons. The van der Waals surface area contributed by atoms with Crippen molar-refractivity contribution in [1.82, 2.24) is 9.55 Å². The van der Waals surface area contributed by atoms with Gasteiger partial charge < -0.3 is 5.32 Å². The van der Waals surface area contributed by atoms with Crippen LogP contribution in [0.2, 0.25) is 0 Å². The third-order valence-corrected chi connectivity index (χ3v) is 4.36. The number of hydrogen-bond acceptors (Lipinski definition) is 4. The molecule has 23 heavy (non-hydrogen) atoms. The maximum atomic E-state index is 12.2. The Morgan fingerprint density at radius 1 is 1.26 bits per heavy atom. The first kappa shape index (κ1) is 15.4. The molecule has 0 aliphatic carbocycles. The van der Waals surface area contributed by atoms with Crippen molar-refractivity contribution in [1.29, 1.82) is 0 Å². The monoisotopic (exact) mass is 327 g/mol. The number of nitrogens with zero attached hydrogens (tertiary/aromatic N) is 2. The Kier molecular flexibility index (Phi) is 4.25. The molecule has 0 aliphatic heterocycles. The van der Waals surface area contributed by atoms with E-state index in [1.54, 1.807) is 6.07 Å². The van der Waals surface area contributed by atoms with Gasteiger partial charge in [0, 0.05) is 18.7 Å². The number of hydrogen-bond donors (Lipinski definition) is 1. The van der Waals surface area contributed by atoms with Crippen molar-refractivity contribution >= 4 is 33.1 Å². The topological polar surface area (TPSA) is 64.0 Å². The zero-order valence-corrected chi connectivity index (χ0v) is 13.8. The first-order valence-electron chi connectivity index (χ1n) is 7.34. The van der Waals surface area contributed by atoms with E-state index in [1.165, 1.54) is 22.2 Å². The summed E-state index contributed by atoms with van der Waals surface area (Å²) in [6.45, 7) is 4.29. The molecule has 3 aromatic rings. The molecule has 5 nitrogen and oxygen atoms in total. The molecule has 0 bridgehead atoms. The van der Waals surface area contributed by atoms with Gasteiger partial charge in [-0.05, 0) is 48.6 Å². The molecular formula is C17H17N3O2S. The molecule has 0 fully saturated rings. The highest BCUT2D eigenvalue weighted by Crippen LogP contribution is 2.15. The Hall–Kier alpha value is -2.47. The number of aryl methyl sites for hydroxylation is 3. The average Bonchev–Trinajstić information content (AvgIpc) is 2.94. The number of amides is 1. The van der Waals surface area contributed by atoms with Gasteiger partial charge in [-0.3, -0.25) is 14.2 Å². The lowest BCUT2D eigenvalue weighted by Gasteiger charge is -2.08. The number of benzene rings is 1. The molecule has 3 rings (SSSR count).